The van der Waals surface area contributed by atoms with E-state index in [0.717, 1.165) is 17.9 Å². The first-order chi connectivity index (χ1) is 12.2. The van der Waals surface area contributed by atoms with E-state index in [1.54, 1.807) is 10.7 Å². The molecule has 1 amide bonds. The van der Waals surface area contributed by atoms with Crippen molar-refractivity contribution in [3.05, 3.63) is 59.5 Å². The molecule has 5 nitrogen and oxygen atoms in total. The van der Waals surface area contributed by atoms with Gasteiger partial charge >= 0.3 is 0 Å². The van der Waals surface area contributed by atoms with E-state index in [0.29, 0.717) is 11.2 Å². The number of carbonyl (C=O) groups excluding carboxylic acids is 1. The van der Waals surface area contributed by atoms with Crippen molar-refractivity contribution in [2.75, 3.05) is 11.4 Å². The first-order valence-corrected chi connectivity index (χ1v) is 8.91. The Bertz CT molecular complexity index is 984. The van der Waals surface area contributed by atoms with E-state index in [1.165, 1.54) is 31.2 Å². The van der Waals surface area contributed by atoms with Crippen LogP contribution in [0.4, 0.5) is 5.69 Å². The fourth-order valence-corrected chi connectivity index (χ4v) is 4.67. The third-order valence-electron chi connectivity index (χ3n) is 5.82. The SMILES string of the molecule is Cc1nn2cccnc2c1C(=O)N1CC2(CCCC2)c2ccccc21. The van der Waals surface area contributed by atoms with E-state index in [-0.39, 0.29) is 11.3 Å². The Morgan fingerprint density at radius 3 is 2.80 bits per heavy atom. The van der Waals surface area contributed by atoms with Gasteiger partial charge in [0.1, 0.15) is 5.56 Å². The number of hydrogen-bond donors (Lipinski definition) is 0. The zero-order chi connectivity index (χ0) is 17.0. The molecule has 1 aliphatic carbocycles. The summed E-state index contributed by atoms with van der Waals surface area (Å²) in [5, 5.41) is 4.46. The topological polar surface area (TPSA) is 50.5 Å². The van der Waals surface area contributed by atoms with Crippen LogP contribution < -0.4 is 4.90 Å². The number of amides is 1. The molecule has 1 aromatic carbocycles. The minimum absolute atomic E-state index is 0.0161. The molecule has 25 heavy (non-hydrogen) atoms. The second-order valence-corrected chi connectivity index (χ2v) is 7.24. The van der Waals surface area contributed by atoms with Crippen LogP contribution in [0.3, 0.4) is 0 Å². The van der Waals surface area contributed by atoms with Crippen LogP contribution in [0.25, 0.3) is 5.65 Å². The van der Waals surface area contributed by atoms with E-state index in [4.69, 9.17) is 0 Å². The Morgan fingerprint density at radius 1 is 1.16 bits per heavy atom. The maximum atomic E-state index is 13.5. The molecule has 1 saturated carbocycles. The van der Waals surface area contributed by atoms with Gasteiger partial charge in [-0.2, -0.15) is 5.10 Å². The molecule has 2 aliphatic rings. The molecule has 0 atom stereocenters. The van der Waals surface area contributed by atoms with Gasteiger partial charge in [-0.25, -0.2) is 9.50 Å². The predicted molar refractivity (Wildman–Crippen MR) is 96.0 cm³/mol. The third-order valence-corrected chi connectivity index (χ3v) is 5.82. The number of rotatable bonds is 1. The predicted octanol–water partition coefficient (Wildman–Crippen LogP) is 3.51. The lowest BCUT2D eigenvalue weighted by molar-refractivity contribution is 0.0985. The van der Waals surface area contributed by atoms with Gasteiger partial charge in [0.05, 0.1) is 5.69 Å². The van der Waals surface area contributed by atoms with E-state index < -0.39 is 0 Å². The summed E-state index contributed by atoms with van der Waals surface area (Å²) in [6, 6.07) is 10.2. The molecule has 1 fully saturated rings. The van der Waals surface area contributed by atoms with Crippen LogP contribution in [0.2, 0.25) is 0 Å². The molecule has 126 valence electrons. The van der Waals surface area contributed by atoms with Gasteiger partial charge in [-0.1, -0.05) is 31.0 Å². The maximum Gasteiger partial charge on any atom is 0.264 e. The summed E-state index contributed by atoms with van der Waals surface area (Å²) in [5.41, 5.74) is 4.51. The average molecular weight is 332 g/mol. The van der Waals surface area contributed by atoms with Crippen molar-refractivity contribution in [3.8, 4) is 0 Å². The highest BCUT2D eigenvalue weighted by Crippen LogP contribution is 2.50. The highest BCUT2D eigenvalue weighted by atomic mass is 16.2. The first kappa shape index (κ1) is 14.6. The number of fused-ring (bicyclic) bond motifs is 3. The maximum absolute atomic E-state index is 13.5. The second-order valence-electron chi connectivity index (χ2n) is 7.24. The summed E-state index contributed by atoms with van der Waals surface area (Å²) in [6.07, 6.45) is 8.37. The van der Waals surface area contributed by atoms with E-state index >= 15 is 0 Å². The van der Waals surface area contributed by atoms with Crippen molar-refractivity contribution in [1.29, 1.82) is 0 Å². The van der Waals surface area contributed by atoms with E-state index in [2.05, 4.69) is 28.3 Å². The summed E-state index contributed by atoms with van der Waals surface area (Å²) in [4.78, 5) is 19.8. The van der Waals surface area contributed by atoms with Crippen molar-refractivity contribution >= 4 is 17.2 Å². The van der Waals surface area contributed by atoms with Crippen LogP contribution in [0.15, 0.2) is 42.7 Å². The van der Waals surface area contributed by atoms with Crippen molar-refractivity contribution in [1.82, 2.24) is 14.6 Å². The molecule has 0 N–H and O–H groups in total. The van der Waals surface area contributed by atoms with Crippen molar-refractivity contribution in [2.24, 2.45) is 0 Å². The lowest BCUT2D eigenvalue weighted by atomic mass is 9.81. The zero-order valence-corrected chi connectivity index (χ0v) is 14.3. The lowest BCUT2D eigenvalue weighted by Gasteiger charge is -2.24. The molecule has 0 unspecified atom stereocenters. The minimum Gasteiger partial charge on any atom is -0.307 e. The van der Waals surface area contributed by atoms with Crippen LogP contribution >= 0.6 is 0 Å². The Balaban J connectivity index is 1.64. The molecule has 3 heterocycles. The van der Waals surface area contributed by atoms with Crippen LogP contribution in [0.5, 0.6) is 0 Å². The number of nitrogens with zero attached hydrogens (tertiary/aromatic N) is 4. The van der Waals surface area contributed by atoms with Gasteiger partial charge in [0.25, 0.3) is 5.91 Å². The molecular formula is C20H20N4O. The van der Waals surface area contributed by atoms with Crippen LogP contribution in [0, 0.1) is 6.92 Å². The van der Waals surface area contributed by atoms with Gasteiger partial charge in [0.2, 0.25) is 0 Å². The molecule has 1 aliphatic heterocycles. The molecule has 0 bridgehead atoms. The zero-order valence-electron chi connectivity index (χ0n) is 14.3. The number of para-hydroxylation sites is 1. The quantitative estimate of drug-likeness (QED) is 0.685. The van der Waals surface area contributed by atoms with E-state index in [1.807, 2.05) is 30.2 Å². The van der Waals surface area contributed by atoms with Crippen molar-refractivity contribution in [3.63, 3.8) is 0 Å². The van der Waals surface area contributed by atoms with Gasteiger partial charge in [0.15, 0.2) is 5.65 Å². The highest BCUT2D eigenvalue weighted by molar-refractivity contribution is 6.12. The van der Waals surface area contributed by atoms with E-state index in [9.17, 15) is 4.79 Å². The number of carbonyl (C=O) groups is 1. The molecule has 3 aromatic rings. The number of aromatic nitrogens is 3. The fourth-order valence-electron chi connectivity index (χ4n) is 4.67. The van der Waals surface area contributed by atoms with Crippen LogP contribution in [0.1, 0.15) is 47.3 Å². The molecule has 1 spiro atoms. The summed E-state index contributed by atoms with van der Waals surface area (Å²) in [7, 11) is 0. The number of aryl methyl sites for hydroxylation is 1. The Labute approximate surface area is 146 Å². The Kier molecular flexibility index (Phi) is 3.02. The average Bonchev–Trinajstić information content (AvgIpc) is 3.32. The Hall–Kier alpha value is -2.69. The van der Waals surface area contributed by atoms with Crippen molar-refractivity contribution < 1.29 is 4.79 Å². The number of anilines is 1. The molecule has 5 rings (SSSR count). The third kappa shape index (κ3) is 1.98. The van der Waals surface area contributed by atoms with Gasteiger partial charge in [-0.3, -0.25) is 4.79 Å². The number of hydrogen-bond acceptors (Lipinski definition) is 3. The van der Waals surface area contributed by atoms with Crippen LogP contribution in [-0.2, 0) is 5.41 Å². The summed E-state index contributed by atoms with van der Waals surface area (Å²) in [5.74, 6) is 0.0161. The standard InChI is InChI=1S/C20H20N4O/c1-14-17(18-21-11-6-12-24(18)22-14)19(25)23-13-20(9-4-5-10-20)15-7-2-3-8-16(15)23/h2-3,6-8,11-12H,4-5,9-10,13H2,1H3. The largest absolute Gasteiger partial charge is 0.307 e. The Morgan fingerprint density at radius 2 is 1.96 bits per heavy atom. The lowest BCUT2D eigenvalue weighted by Crippen LogP contribution is -2.35. The van der Waals surface area contributed by atoms with Gasteiger partial charge in [0, 0.05) is 30.0 Å². The fraction of sp³-hybridized carbons (Fsp3) is 0.350. The van der Waals surface area contributed by atoms with Crippen molar-refractivity contribution in [2.45, 2.75) is 38.0 Å². The first-order valence-electron chi connectivity index (χ1n) is 8.91. The molecule has 2 aromatic heterocycles. The minimum atomic E-state index is 0.0161. The monoisotopic (exact) mass is 332 g/mol. The van der Waals surface area contributed by atoms with Gasteiger partial charge in [-0.05, 0) is 37.5 Å². The summed E-state index contributed by atoms with van der Waals surface area (Å²) >= 11 is 0. The molecular weight excluding hydrogens is 312 g/mol. The number of benzene rings is 1. The van der Waals surface area contributed by atoms with Crippen LogP contribution in [-0.4, -0.2) is 27.0 Å². The normalized spacial score (nSPS) is 18.2. The summed E-state index contributed by atoms with van der Waals surface area (Å²) in [6.45, 7) is 2.66. The molecule has 0 saturated heterocycles. The smallest absolute Gasteiger partial charge is 0.264 e. The summed E-state index contributed by atoms with van der Waals surface area (Å²) < 4.78 is 1.69. The second kappa shape index (κ2) is 5.15. The molecule has 0 radical (unpaired) electrons. The highest BCUT2D eigenvalue weighted by Gasteiger charge is 2.46. The molecule has 5 heteroatoms. The van der Waals surface area contributed by atoms with Gasteiger partial charge in [-0.15, -0.1) is 0 Å². The van der Waals surface area contributed by atoms with Gasteiger partial charge < -0.3 is 4.90 Å².